The molecule has 0 aliphatic heterocycles. The van der Waals surface area contributed by atoms with E-state index in [2.05, 4.69) is 41.2 Å². The number of hydrogen-bond acceptors (Lipinski definition) is 6. The largest absolute Gasteiger partial charge is 0.363 e. The molecule has 0 aliphatic carbocycles. The molecule has 12 heteroatoms. The van der Waals surface area contributed by atoms with Gasteiger partial charge in [-0.15, -0.1) is 0 Å². The Bertz CT molecular complexity index is 619. The monoisotopic (exact) mass is 472 g/mol. The third kappa shape index (κ3) is 11.9. The highest BCUT2D eigenvalue weighted by Crippen LogP contribution is 2.08. The van der Waals surface area contributed by atoms with Crippen LogP contribution in [0, 0.1) is 0 Å². The van der Waals surface area contributed by atoms with Crippen LogP contribution in [0.1, 0.15) is 17.8 Å². The zero-order valence-corrected chi connectivity index (χ0v) is 19.5. The lowest BCUT2D eigenvalue weighted by atomic mass is 10.4. The van der Waals surface area contributed by atoms with Gasteiger partial charge in [0.2, 0.25) is 0 Å². The van der Waals surface area contributed by atoms with Crippen molar-refractivity contribution >= 4 is 58.2 Å². The molecule has 0 spiro atoms. The minimum atomic E-state index is 0.694. The summed E-state index contributed by atoms with van der Waals surface area (Å²) in [5.74, 6) is 3.79. The third-order valence-electron chi connectivity index (χ3n) is 3.60. The smallest absolute Gasteiger partial charge is 0.166 e. The van der Waals surface area contributed by atoms with Gasteiger partial charge in [0.25, 0.3) is 0 Å². The van der Waals surface area contributed by atoms with Crippen LogP contribution in [-0.4, -0.2) is 67.8 Å². The van der Waals surface area contributed by atoms with Crippen molar-refractivity contribution in [2.24, 2.45) is 0 Å². The Hall–Kier alpha value is -1.50. The number of aromatic amines is 2. The second kappa shape index (κ2) is 15.4. The lowest BCUT2D eigenvalue weighted by molar-refractivity contribution is 0.726. The molecule has 6 N–H and O–H groups in total. The Morgan fingerprint density at radius 2 is 1.21 bits per heavy atom. The van der Waals surface area contributed by atoms with Crippen molar-refractivity contribution in [2.45, 2.75) is 17.9 Å². The van der Waals surface area contributed by atoms with E-state index in [9.17, 15) is 0 Å². The molecular weight excluding hydrogens is 445 g/mol. The van der Waals surface area contributed by atoms with Crippen LogP contribution >= 0.6 is 48.0 Å². The maximum atomic E-state index is 5.28. The van der Waals surface area contributed by atoms with Crippen molar-refractivity contribution in [2.75, 3.05) is 37.7 Å². The molecule has 0 unspecified atom stereocenters. The first-order valence-corrected chi connectivity index (χ1v) is 12.5. The minimum Gasteiger partial charge on any atom is -0.363 e. The molecule has 0 radical (unpaired) electrons. The standard InChI is InChI=1S/C17H28N8S4/c26-16(22-4-6-28-10-14-8-18-12-24-14)20-2-1-3-21-17(27)23-5-7-29-11-15-9-19-13-25-15/h8-9,12-13H,1-7,10-11H2,(H,18,24)(H,19,25)(H2,20,22,26)(H2,21,23,27). The molecule has 2 aromatic heterocycles. The van der Waals surface area contributed by atoms with Crippen LogP contribution in [0.3, 0.4) is 0 Å². The second-order valence-electron chi connectivity index (χ2n) is 5.95. The molecule has 2 rings (SSSR count). The molecule has 2 aromatic rings. The summed E-state index contributed by atoms with van der Waals surface area (Å²) in [7, 11) is 0. The second-order valence-corrected chi connectivity index (χ2v) is 8.97. The van der Waals surface area contributed by atoms with Gasteiger partial charge in [0, 0.05) is 61.6 Å². The topological polar surface area (TPSA) is 105 Å². The third-order valence-corrected chi connectivity index (χ3v) is 6.16. The fourth-order valence-corrected chi connectivity index (χ4v) is 4.11. The molecule has 8 nitrogen and oxygen atoms in total. The van der Waals surface area contributed by atoms with Crippen molar-refractivity contribution in [1.29, 1.82) is 0 Å². The number of aromatic nitrogens is 4. The van der Waals surface area contributed by atoms with Crippen LogP contribution in [0.5, 0.6) is 0 Å². The first-order chi connectivity index (χ1) is 14.2. The van der Waals surface area contributed by atoms with E-state index in [1.54, 1.807) is 12.7 Å². The van der Waals surface area contributed by atoms with Gasteiger partial charge in [-0.1, -0.05) is 0 Å². The molecule has 0 aliphatic rings. The molecule has 0 aromatic carbocycles. The quantitative estimate of drug-likeness (QED) is 0.179. The van der Waals surface area contributed by atoms with Crippen LogP contribution in [-0.2, 0) is 11.5 Å². The van der Waals surface area contributed by atoms with Crippen molar-refractivity contribution in [3.8, 4) is 0 Å². The minimum absolute atomic E-state index is 0.694. The summed E-state index contributed by atoms with van der Waals surface area (Å²) < 4.78 is 0. The zero-order valence-electron chi connectivity index (χ0n) is 16.2. The number of H-pyrrole nitrogens is 2. The highest BCUT2D eigenvalue weighted by Gasteiger charge is 1.99. The fraction of sp³-hybridized carbons (Fsp3) is 0.529. The SMILES string of the molecule is S=C(NCCCNC(=S)NCCSCc1c[nH]cn1)NCCSCc1c[nH]cn1. The van der Waals surface area contributed by atoms with Gasteiger partial charge in [-0.3, -0.25) is 0 Å². The lowest BCUT2D eigenvalue weighted by Crippen LogP contribution is -2.40. The molecule has 160 valence electrons. The van der Waals surface area contributed by atoms with Crippen LogP contribution in [0.15, 0.2) is 25.0 Å². The Kier molecular flexibility index (Phi) is 12.6. The van der Waals surface area contributed by atoms with Gasteiger partial charge in [0.15, 0.2) is 10.2 Å². The number of nitrogens with one attached hydrogen (secondary N) is 6. The summed E-state index contributed by atoms with van der Waals surface area (Å²) in [5.41, 5.74) is 2.15. The zero-order chi connectivity index (χ0) is 20.6. The molecule has 0 atom stereocenters. The summed E-state index contributed by atoms with van der Waals surface area (Å²) in [5, 5.41) is 14.2. The summed E-state index contributed by atoms with van der Waals surface area (Å²) in [6.07, 6.45) is 8.18. The van der Waals surface area contributed by atoms with E-state index < -0.39 is 0 Å². The van der Waals surface area contributed by atoms with E-state index in [1.165, 1.54) is 0 Å². The molecule has 2 heterocycles. The number of thioether (sulfide) groups is 2. The number of thiocarbonyl (C=S) groups is 2. The molecule has 0 saturated heterocycles. The van der Waals surface area contributed by atoms with Gasteiger partial charge in [-0.25, -0.2) is 9.97 Å². The summed E-state index contributed by atoms with van der Waals surface area (Å²) >= 11 is 14.2. The van der Waals surface area contributed by atoms with E-state index in [-0.39, 0.29) is 0 Å². The summed E-state index contributed by atoms with van der Waals surface area (Å²) in [6.45, 7) is 3.29. The van der Waals surface area contributed by atoms with Gasteiger partial charge in [-0.2, -0.15) is 23.5 Å². The van der Waals surface area contributed by atoms with Gasteiger partial charge in [0.1, 0.15) is 0 Å². The van der Waals surface area contributed by atoms with Crippen molar-refractivity contribution in [3.63, 3.8) is 0 Å². The number of hydrogen-bond donors (Lipinski definition) is 6. The summed E-state index contributed by atoms with van der Waals surface area (Å²) in [4.78, 5) is 14.3. The van der Waals surface area contributed by atoms with E-state index in [1.807, 2.05) is 35.9 Å². The van der Waals surface area contributed by atoms with Gasteiger partial charge in [0.05, 0.1) is 24.0 Å². The average Bonchev–Trinajstić information content (AvgIpc) is 3.41. The van der Waals surface area contributed by atoms with Crippen molar-refractivity contribution in [1.82, 2.24) is 41.2 Å². The van der Waals surface area contributed by atoms with Crippen LogP contribution < -0.4 is 21.3 Å². The average molecular weight is 473 g/mol. The maximum Gasteiger partial charge on any atom is 0.166 e. The molecule has 0 fully saturated rings. The molecular formula is C17H28N8S4. The van der Waals surface area contributed by atoms with Gasteiger partial charge >= 0.3 is 0 Å². The predicted octanol–water partition coefficient (Wildman–Crippen LogP) is 1.62. The van der Waals surface area contributed by atoms with Gasteiger partial charge in [-0.05, 0) is 30.9 Å². The molecule has 0 amide bonds. The number of nitrogens with zero attached hydrogens (tertiary/aromatic N) is 2. The maximum absolute atomic E-state index is 5.28. The molecule has 29 heavy (non-hydrogen) atoms. The van der Waals surface area contributed by atoms with E-state index in [4.69, 9.17) is 24.4 Å². The van der Waals surface area contributed by atoms with Crippen molar-refractivity contribution < 1.29 is 0 Å². The summed E-state index contributed by atoms with van der Waals surface area (Å²) in [6, 6.07) is 0. The Balaban J connectivity index is 1.33. The van der Waals surface area contributed by atoms with Crippen LogP contribution in [0.4, 0.5) is 0 Å². The molecule has 0 bridgehead atoms. The molecule has 0 saturated carbocycles. The first kappa shape index (κ1) is 23.8. The fourth-order valence-electron chi connectivity index (χ4n) is 2.18. The number of rotatable bonds is 14. The van der Waals surface area contributed by atoms with E-state index in [0.29, 0.717) is 10.2 Å². The number of imidazole rings is 2. The van der Waals surface area contributed by atoms with Gasteiger partial charge < -0.3 is 31.2 Å². The highest BCUT2D eigenvalue weighted by molar-refractivity contribution is 7.98. The van der Waals surface area contributed by atoms with Crippen LogP contribution in [0.2, 0.25) is 0 Å². The highest BCUT2D eigenvalue weighted by atomic mass is 32.2. The Morgan fingerprint density at radius 1 is 0.759 bits per heavy atom. The van der Waals surface area contributed by atoms with Crippen LogP contribution in [0.25, 0.3) is 0 Å². The van der Waals surface area contributed by atoms with E-state index in [0.717, 1.165) is 67.0 Å². The Morgan fingerprint density at radius 3 is 1.62 bits per heavy atom. The normalized spacial score (nSPS) is 10.5. The lowest BCUT2D eigenvalue weighted by Gasteiger charge is -2.12. The predicted molar refractivity (Wildman–Crippen MR) is 131 cm³/mol. The van der Waals surface area contributed by atoms with E-state index >= 15 is 0 Å². The Labute approximate surface area is 191 Å². The van der Waals surface area contributed by atoms with Crippen molar-refractivity contribution in [3.05, 3.63) is 36.4 Å². The first-order valence-electron chi connectivity index (χ1n) is 9.38.